The molecule has 2 heterocycles. The number of hydrogen-bond acceptors (Lipinski definition) is 4. The standard InChI is InChI=1S/C18H15ClN4O3/c19-12-4-7-16(23(25)26)15(9-12)18(24)22(13-5-6-13)11-14-10-20-17-3-1-2-8-21(14)17/h1-4,7-10,13H,5-6,11H2. The quantitative estimate of drug-likeness (QED) is 0.506. The predicted molar refractivity (Wildman–Crippen MR) is 96.2 cm³/mol. The van der Waals surface area contributed by atoms with E-state index in [0.717, 1.165) is 24.2 Å². The molecule has 1 fully saturated rings. The van der Waals surface area contributed by atoms with Crippen LogP contribution in [-0.2, 0) is 6.54 Å². The SMILES string of the molecule is O=C(c1cc(Cl)ccc1[N+](=O)[O-])N(Cc1cnc2ccccn12)C1CC1. The smallest absolute Gasteiger partial charge is 0.282 e. The molecule has 0 N–H and O–H groups in total. The van der Waals surface area contributed by atoms with Gasteiger partial charge >= 0.3 is 0 Å². The maximum atomic E-state index is 13.1. The minimum absolute atomic E-state index is 0.0169. The molecule has 8 heteroatoms. The molecule has 0 unspecified atom stereocenters. The van der Waals surface area contributed by atoms with Crippen LogP contribution in [0.25, 0.3) is 5.65 Å². The first-order valence-corrected chi connectivity index (χ1v) is 8.58. The Morgan fingerprint density at radius 3 is 2.88 bits per heavy atom. The summed E-state index contributed by atoms with van der Waals surface area (Å²) in [6.45, 7) is 0.332. The van der Waals surface area contributed by atoms with E-state index in [1.165, 1.54) is 18.2 Å². The van der Waals surface area contributed by atoms with E-state index in [1.807, 2.05) is 28.8 Å². The average Bonchev–Trinajstić information content (AvgIpc) is 3.39. The zero-order chi connectivity index (χ0) is 18.3. The van der Waals surface area contributed by atoms with Crippen LogP contribution >= 0.6 is 11.6 Å². The molecule has 0 atom stereocenters. The fraction of sp³-hybridized carbons (Fsp3) is 0.222. The van der Waals surface area contributed by atoms with Crippen molar-refractivity contribution in [3.05, 3.63) is 75.2 Å². The molecule has 26 heavy (non-hydrogen) atoms. The van der Waals surface area contributed by atoms with Crippen LogP contribution in [0.2, 0.25) is 5.02 Å². The number of hydrogen-bond donors (Lipinski definition) is 0. The highest BCUT2D eigenvalue weighted by Gasteiger charge is 2.36. The zero-order valence-electron chi connectivity index (χ0n) is 13.7. The van der Waals surface area contributed by atoms with Crippen molar-refractivity contribution in [3.8, 4) is 0 Å². The molecule has 0 aliphatic heterocycles. The summed E-state index contributed by atoms with van der Waals surface area (Å²) in [5.41, 5.74) is 1.43. The highest BCUT2D eigenvalue weighted by molar-refractivity contribution is 6.31. The molecule has 0 saturated heterocycles. The number of fused-ring (bicyclic) bond motifs is 1. The molecule has 7 nitrogen and oxygen atoms in total. The van der Waals surface area contributed by atoms with Gasteiger partial charge in [-0.3, -0.25) is 14.9 Å². The summed E-state index contributed by atoms with van der Waals surface area (Å²) in [5, 5.41) is 11.6. The molecule has 0 spiro atoms. The van der Waals surface area contributed by atoms with Crippen LogP contribution in [0, 0.1) is 10.1 Å². The number of nitro benzene ring substituents is 1. The summed E-state index contributed by atoms with van der Waals surface area (Å²) in [7, 11) is 0. The molecule has 0 bridgehead atoms. The number of rotatable bonds is 5. The van der Waals surface area contributed by atoms with Gasteiger partial charge in [-0.15, -0.1) is 0 Å². The largest absolute Gasteiger partial charge is 0.330 e. The highest BCUT2D eigenvalue weighted by atomic mass is 35.5. The first kappa shape index (κ1) is 16.5. The van der Waals surface area contributed by atoms with Crippen LogP contribution in [0.4, 0.5) is 5.69 Å². The summed E-state index contributed by atoms with van der Waals surface area (Å²) in [6, 6.07) is 9.81. The van der Waals surface area contributed by atoms with Crippen molar-refractivity contribution in [1.29, 1.82) is 0 Å². The molecule has 3 aromatic rings. The zero-order valence-corrected chi connectivity index (χ0v) is 14.5. The number of benzene rings is 1. The number of nitro groups is 1. The van der Waals surface area contributed by atoms with Gasteiger partial charge in [0.25, 0.3) is 11.6 Å². The maximum absolute atomic E-state index is 13.1. The summed E-state index contributed by atoms with van der Waals surface area (Å²) < 4.78 is 1.91. The van der Waals surface area contributed by atoms with Crippen molar-refractivity contribution in [1.82, 2.24) is 14.3 Å². The molecule has 2 aromatic heterocycles. The van der Waals surface area contributed by atoms with E-state index in [-0.39, 0.29) is 23.2 Å². The summed E-state index contributed by atoms with van der Waals surface area (Å²) in [5.74, 6) is -0.382. The van der Waals surface area contributed by atoms with Gasteiger partial charge < -0.3 is 9.30 Å². The van der Waals surface area contributed by atoms with Crippen LogP contribution in [0.15, 0.2) is 48.8 Å². The first-order chi connectivity index (χ1) is 12.5. The lowest BCUT2D eigenvalue weighted by atomic mass is 10.1. The van der Waals surface area contributed by atoms with Crippen molar-refractivity contribution in [2.45, 2.75) is 25.4 Å². The summed E-state index contributed by atoms with van der Waals surface area (Å²) >= 11 is 5.98. The van der Waals surface area contributed by atoms with Crippen molar-refractivity contribution in [2.24, 2.45) is 0 Å². The van der Waals surface area contributed by atoms with E-state index in [0.29, 0.717) is 11.6 Å². The molecule has 4 rings (SSSR count). The third-order valence-corrected chi connectivity index (χ3v) is 4.70. The van der Waals surface area contributed by atoms with Crippen LogP contribution in [0.5, 0.6) is 0 Å². The van der Waals surface area contributed by atoms with Gasteiger partial charge in [-0.05, 0) is 37.1 Å². The number of amides is 1. The molecular weight excluding hydrogens is 356 g/mol. The Kier molecular flexibility index (Phi) is 4.08. The molecular formula is C18H15ClN4O3. The van der Waals surface area contributed by atoms with Crippen LogP contribution in [-0.4, -0.2) is 31.2 Å². The molecule has 1 amide bonds. The van der Waals surface area contributed by atoms with Gasteiger partial charge in [-0.1, -0.05) is 17.7 Å². The van der Waals surface area contributed by atoms with Gasteiger partial charge in [-0.25, -0.2) is 4.98 Å². The molecule has 0 radical (unpaired) electrons. The van der Waals surface area contributed by atoms with Gasteiger partial charge in [0.1, 0.15) is 11.2 Å². The molecule has 1 saturated carbocycles. The highest BCUT2D eigenvalue weighted by Crippen LogP contribution is 2.32. The van der Waals surface area contributed by atoms with Crippen molar-refractivity contribution >= 4 is 28.8 Å². The molecule has 1 aromatic carbocycles. The second kappa shape index (κ2) is 6.42. The first-order valence-electron chi connectivity index (χ1n) is 8.20. The van der Waals surface area contributed by atoms with Gasteiger partial charge in [0.2, 0.25) is 0 Å². The van der Waals surface area contributed by atoms with Gasteiger partial charge in [0, 0.05) is 23.3 Å². The second-order valence-electron chi connectivity index (χ2n) is 6.26. The minimum Gasteiger partial charge on any atom is -0.330 e. The van der Waals surface area contributed by atoms with Gasteiger partial charge in [-0.2, -0.15) is 0 Å². The Morgan fingerprint density at radius 2 is 2.15 bits per heavy atom. The number of carbonyl (C=O) groups is 1. The maximum Gasteiger partial charge on any atom is 0.282 e. The Balaban J connectivity index is 1.70. The third kappa shape index (κ3) is 3.01. The van der Waals surface area contributed by atoms with Gasteiger partial charge in [0.05, 0.1) is 23.4 Å². The van der Waals surface area contributed by atoms with Crippen LogP contribution < -0.4 is 0 Å². The number of imidazole rings is 1. The Hall–Kier alpha value is -2.93. The molecule has 1 aliphatic carbocycles. The Labute approximate surface area is 154 Å². The number of carbonyl (C=O) groups excluding carboxylic acids is 1. The van der Waals surface area contributed by atoms with Crippen molar-refractivity contribution in [2.75, 3.05) is 0 Å². The number of aromatic nitrogens is 2. The lowest BCUT2D eigenvalue weighted by Crippen LogP contribution is -2.33. The van der Waals surface area contributed by atoms with E-state index in [2.05, 4.69) is 4.98 Å². The van der Waals surface area contributed by atoms with E-state index in [9.17, 15) is 14.9 Å². The molecule has 1 aliphatic rings. The second-order valence-corrected chi connectivity index (χ2v) is 6.70. The minimum atomic E-state index is -0.553. The van der Waals surface area contributed by atoms with Gasteiger partial charge in [0.15, 0.2) is 0 Å². The van der Waals surface area contributed by atoms with Crippen molar-refractivity contribution < 1.29 is 9.72 Å². The summed E-state index contributed by atoms with van der Waals surface area (Å²) in [4.78, 5) is 29.9. The van der Waals surface area contributed by atoms with E-state index < -0.39 is 4.92 Å². The van der Waals surface area contributed by atoms with Crippen LogP contribution in [0.1, 0.15) is 28.9 Å². The molecule has 132 valence electrons. The fourth-order valence-corrected chi connectivity index (χ4v) is 3.20. The summed E-state index contributed by atoms with van der Waals surface area (Å²) in [6.07, 6.45) is 5.38. The topological polar surface area (TPSA) is 80.8 Å². The lowest BCUT2D eigenvalue weighted by Gasteiger charge is -2.22. The Bertz CT molecular complexity index is 1010. The Morgan fingerprint density at radius 1 is 1.35 bits per heavy atom. The van der Waals surface area contributed by atoms with E-state index >= 15 is 0 Å². The monoisotopic (exact) mass is 370 g/mol. The normalized spacial score (nSPS) is 13.7. The average molecular weight is 371 g/mol. The number of halogens is 1. The predicted octanol–water partition coefficient (Wildman–Crippen LogP) is 3.70. The number of nitrogens with zero attached hydrogens (tertiary/aromatic N) is 4. The fourth-order valence-electron chi connectivity index (χ4n) is 3.02. The van der Waals surface area contributed by atoms with E-state index in [4.69, 9.17) is 11.6 Å². The number of pyridine rings is 1. The van der Waals surface area contributed by atoms with E-state index in [1.54, 1.807) is 11.1 Å². The van der Waals surface area contributed by atoms with Crippen LogP contribution in [0.3, 0.4) is 0 Å². The lowest BCUT2D eigenvalue weighted by molar-refractivity contribution is -0.385. The van der Waals surface area contributed by atoms with Crippen molar-refractivity contribution in [3.63, 3.8) is 0 Å². The third-order valence-electron chi connectivity index (χ3n) is 4.46.